The number of halogens is 2. The van der Waals surface area contributed by atoms with E-state index in [-0.39, 0.29) is 0 Å². The molecule has 0 aliphatic carbocycles. The highest BCUT2D eigenvalue weighted by molar-refractivity contribution is 6.35. The second-order valence-electron chi connectivity index (χ2n) is 3.80. The van der Waals surface area contributed by atoms with E-state index < -0.39 is 0 Å². The van der Waals surface area contributed by atoms with Crippen LogP contribution in [-0.4, -0.2) is 4.98 Å². The maximum atomic E-state index is 8.67. The largest absolute Gasteiger partial charge is 0.398 e. The van der Waals surface area contributed by atoms with Gasteiger partial charge in [0.2, 0.25) is 0 Å². The average molecular weight is 278 g/mol. The Bertz CT molecular complexity index is 592. The van der Waals surface area contributed by atoms with Gasteiger partial charge in [0.1, 0.15) is 11.8 Å². The van der Waals surface area contributed by atoms with Crippen LogP contribution in [0, 0.1) is 11.3 Å². The molecule has 2 aromatic rings. The lowest BCUT2D eigenvalue weighted by Gasteiger charge is -2.08. The number of nitriles is 1. The van der Waals surface area contributed by atoms with E-state index in [1.165, 1.54) is 0 Å². The van der Waals surface area contributed by atoms with Crippen LogP contribution in [0.1, 0.15) is 16.8 Å². The first-order chi connectivity index (χ1) is 8.60. The van der Waals surface area contributed by atoms with E-state index >= 15 is 0 Å². The SMILES string of the molecule is N#Cc1ccc(Cc2c(N)cc(Cl)cc2Cl)cn1. The molecule has 3 nitrogen and oxygen atoms in total. The quantitative estimate of drug-likeness (QED) is 0.856. The minimum Gasteiger partial charge on any atom is -0.398 e. The molecule has 0 bridgehead atoms. The monoisotopic (exact) mass is 277 g/mol. The average Bonchev–Trinajstić information content (AvgIpc) is 2.34. The van der Waals surface area contributed by atoms with Crippen molar-refractivity contribution < 1.29 is 0 Å². The van der Waals surface area contributed by atoms with Gasteiger partial charge in [-0.05, 0) is 29.3 Å². The van der Waals surface area contributed by atoms with Gasteiger partial charge in [0.15, 0.2) is 0 Å². The fourth-order valence-corrected chi connectivity index (χ4v) is 2.19. The molecule has 0 amide bonds. The summed E-state index contributed by atoms with van der Waals surface area (Å²) in [6.07, 6.45) is 2.20. The zero-order chi connectivity index (χ0) is 13.1. The highest BCUT2D eigenvalue weighted by Gasteiger charge is 2.08. The molecule has 0 fully saturated rings. The summed E-state index contributed by atoms with van der Waals surface area (Å²) in [4.78, 5) is 4.00. The Morgan fingerprint density at radius 3 is 2.61 bits per heavy atom. The molecule has 0 saturated carbocycles. The molecular weight excluding hydrogens is 269 g/mol. The molecule has 2 N–H and O–H groups in total. The van der Waals surface area contributed by atoms with Gasteiger partial charge in [0.05, 0.1) is 0 Å². The molecule has 18 heavy (non-hydrogen) atoms. The molecule has 0 aliphatic rings. The molecule has 5 heteroatoms. The Kier molecular flexibility index (Phi) is 3.71. The Morgan fingerprint density at radius 1 is 1.28 bits per heavy atom. The standard InChI is InChI=1S/C13H9Cl2N3/c14-9-4-12(15)11(13(17)5-9)3-8-1-2-10(6-16)18-7-8/h1-2,4-5,7H,3,17H2. The third-order valence-corrected chi connectivity index (χ3v) is 3.07. The first-order valence-electron chi connectivity index (χ1n) is 5.18. The summed E-state index contributed by atoms with van der Waals surface area (Å²) >= 11 is 12.0. The minimum absolute atomic E-state index is 0.383. The second kappa shape index (κ2) is 5.26. The van der Waals surface area contributed by atoms with Crippen LogP contribution in [0.15, 0.2) is 30.5 Å². The molecule has 1 aromatic carbocycles. The number of nitrogens with zero attached hydrogens (tertiary/aromatic N) is 2. The summed E-state index contributed by atoms with van der Waals surface area (Å²) in [5.41, 5.74) is 8.57. The van der Waals surface area contributed by atoms with Crippen LogP contribution < -0.4 is 5.73 Å². The number of pyridine rings is 1. The number of hydrogen-bond acceptors (Lipinski definition) is 3. The maximum Gasteiger partial charge on any atom is 0.140 e. The zero-order valence-corrected chi connectivity index (χ0v) is 10.8. The van der Waals surface area contributed by atoms with Gasteiger partial charge in [-0.15, -0.1) is 0 Å². The lowest BCUT2D eigenvalue weighted by Crippen LogP contribution is -1.98. The maximum absolute atomic E-state index is 8.67. The lowest BCUT2D eigenvalue weighted by atomic mass is 10.0. The smallest absolute Gasteiger partial charge is 0.140 e. The van der Waals surface area contributed by atoms with Crippen molar-refractivity contribution in [2.24, 2.45) is 0 Å². The van der Waals surface area contributed by atoms with E-state index in [9.17, 15) is 0 Å². The van der Waals surface area contributed by atoms with E-state index in [0.29, 0.717) is 27.8 Å². The predicted octanol–water partition coefficient (Wildman–Crippen LogP) is 3.43. The van der Waals surface area contributed by atoms with Crippen LogP contribution in [-0.2, 0) is 6.42 Å². The first-order valence-corrected chi connectivity index (χ1v) is 5.94. The van der Waals surface area contributed by atoms with Crippen molar-refractivity contribution in [2.75, 3.05) is 5.73 Å². The molecule has 0 atom stereocenters. The Labute approximate surface area is 115 Å². The molecule has 0 unspecified atom stereocenters. The van der Waals surface area contributed by atoms with Crippen molar-refractivity contribution in [1.29, 1.82) is 5.26 Å². The van der Waals surface area contributed by atoms with Gasteiger partial charge in [-0.25, -0.2) is 4.98 Å². The van der Waals surface area contributed by atoms with Crippen LogP contribution in [0.2, 0.25) is 10.0 Å². The predicted molar refractivity (Wildman–Crippen MR) is 72.6 cm³/mol. The number of nitrogen functional groups attached to an aromatic ring is 1. The zero-order valence-electron chi connectivity index (χ0n) is 9.32. The molecule has 1 aromatic heterocycles. The van der Waals surface area contributed by atoms with Gasteiger partial charge < -0.3 is 5.73 Å². The third kappa shape index (κ3) is 2.73. The molecule has 0 saturated heterocycles. The summed E-state index contributed by atoms with van der Waals surface area (Å²) in [7, 11) is 0. The molecular formula is C13H9Cl2N3. The molecule has 1 heterocycles. The van der Waals surface area contributed by atoms with Gasteiger partial charge in [-0.2, -0.15) is 5.26 Å². The fourth-order valence-electron chi connectivity index (χ4n) is 1.61. The van der Waals surface area contributed by atoms with Gasteiger partial charge in [0, 0.05) is 28.4 Å². The summed E-state index contributed by atoms with van der Waals surface area (Å²) in [6.45, 7) is 0. The number of rotatable bonds is 2. The number of nitrogens with two attached hydrogens (primary N) is 1. The van der Waals surface area contributed by atoms with Crippen molar-refractivity contribution >= 4 is 28.9 Å². The van der Waals surface area contributed by atoms with E-state index in [4.69, 9.17) is 34.2 Å². The van der Waals surface area contributed by atoms with Gasteiger partial charge >= 0.3 is 0 Å². The Hall–Kier alpha value is -1.76. The highest BCUT2D eigenvalue weighted by Crippen LogP contribution is 2.29. The van der Waals surface area contributed by atoms with E-state index in [1.807, 2.05) is 12.1 Å². The minimum atomic E-state index is 0.383. The number of benzene rings is 1. The van der Waals surface area contributed by atoms with Crippen LogP contribution in [0.4, 0.5) is 5.69 Å². The number of anilines is 1. The van der Waals surface area contributed by atoms with Gasteiger partial charge in [0.25, 0.3) is 0 Å². The molecule has 0 spiro atoms. The molecule has 90 valence electrons. The lowest BCUT2D eigenvalue weighted by molar-refractivity contribution is 1.13. The third-order valence-electron chi connectivity index (χ3n) is 2.51. The number of aromatic nitrogens is 1. The van der Waals surface area contributed by atoms with Gasteiger partial charge in [-0.3, -0.25) is 0 Å². The topological polar surface area (TPSA) is 62.7 Å². The van der Waals surface area contributed by atoms with Crippen molar-refractivity contribution in [1.82, 2.24) is 4.98 Å². The van der Waals surface area contributed by atoms with E-state index in [2.05, 4.69) is 4.98 Å². The normalized spacial score (nSPS) is 10.1. The first kappa shape index (κ1) is 12.7. The second-order valence-corrected chi connectivity index (χ2v) is 4.64. The van der Waals surface area contributed by atoms with Crippen LogP contribution in [0.5, 0.6) is 0 Å². The summed E-state index contributed by atoms with van der Waals surface area (Å²) in [5.74, 6) is 0. The van der Waals surface area contributed by atoms with E-state index in [0.717, 1.165) is 11.1 Å². The summed E-state index contributed by atoms with van der Waals surface area (Å²) in [5, 5.41) is 9.71. The number of hydrogen-bond donors (Lipinski definition) is 1. The highest BCUT2D eigenvalue weighted by atomic mass is 35.5. The van der Waals surface area contributed by atoms with E-state index in [1.54, 1.807) is 24.4 Å². The molecule has 0 radical (unpaired) electrons. The Balaban J connectivity index is 2.31. The molecule has 2 rings (SSSR count). The van der Waals surface area contributed by atoms with Crippen molar-refractivity contribution in [3.05, 3.63) is 57.3 Å². The van der Waals surface area contributed by atoms with Crippen LogP contribution >= 0.6 is 23.2 Å². The summed E-state index contributed by atoms with van der Waals surface area (Å²) < 4.78 is 0. The van der Waals surface area contributed by atoms with Crippen molar-refractivity contribution in [3.8, 4) is 6.07 Å². The van der Waals surface area contributed by atoms with Crippen LogP contribution in [0.3, 0.4) is 0 Å². The van der Waals surface area contributed by atoms with Crippen molar-refractivity contribution in [3.63, 3.8) is 0 Å². The fraction of sp³-hybridized carbons (Fsp3) is 0.0769. The Morgan fingerprint density at radius 2 is 2.06 bits per heavy atom. The van der Waals surface area contributed by atoms with Crippen LogP contribution in [0.25, 0.3) is 0 Å². The van der Waals surface area contributed by atoms with Crippen molar-refractivity contribution in [2.45, 2.75) is 6.42 Å². The van der Waals surface area contributed by atoms with Gasteiger partial charge in [-0.1, -0.05) is 29.3 Å². The summed E-state index contributed by atoms with van der Waals surface area (Å²) in [6, 6.07) is 8.79. The molecule has 0 aliphatic heterocycles.